The summed E-state index contributed by atoms with van der Waals surface area (Å²) < 4.78 is 0. The van der Waals surface area contributed by atoms with Crippen molar-refractivity contribution in [2.45, 2.75) is 27.2 Å². The van der Waals surface area contributed by atoms with Gasteiger partial charge < -0.3 is 0 Å². The van der Waals surface area contributed by atoms with Crippen LogP contribution in [0.2, 0.25) is 0 Å². The molecule has 1 aliphatic carbocycles. The predicted molar refractivity (Wildman–Crippen MR) is 78.7 cm³/mol. The summed E-state index contributed by atoms with van der Waals surface area (Å²) in [6, 6.07) is 13.3. The maximum Gasteiger partial charge on any atom is -0.00577 e. The van der Waals surface area contributed by atoms with E-state index in [1.807, 2.05) is 0 Å². The topological polar surface area (TPSA) is 0 Å². The lowest BCUT2D eigenvalue weighted by Crippen LogP contribution is -1.92. The second-order valence-electron chi connectivity index (χ2n) is 5.36. The van der Waals surface area contributed by atoms with Crippen LogP contribution < -0.4 is 0 Å². The third-order valence-electron chi connectivity index (χ3n) is 3.77. The highest BCUT2D eigenvalue weighted by atomic mass is 14.2. The number of allylic oxidation sites excluding steroid dienone is 1. The van der Waals surface area contributed by atoms with Crippen LogP contribution in [0.4, 0.5) is 0 Å². The quantitative estimate of drug-likeness (QED) is 0.656. The van der Waals surface area contributed by atoms with Crippen molar-refractivity contribution in [3.63, 3.8) is 0 Å². The van der Waals surface area contributed by atoms with Gasteiger partial charge in [-0.1, -0.05) is 53.6 Å². The van der Waals surface area contributed by atoms with Gasteiger partial charge in [0.2, 0.25) is 0 Å². The van der Waals surface area contributed by atoms with Gasteiger partial charge >= 0.3 is 0 Å². The van der Waals surface area contributed by atoms with Crippen LogP contribution >= 0.6 is 0 Å². The van der Waals surface area contributed by atoms with Crippen molar-refractivity contribution in [2.24, 2.45) is 0 Å². The second-order valence-corrected chi connectivity index (χ2v) is 5.36. The fourth-order valence-corrected chi connectivity index (χ4v) is 2.81. The van der Waals surface area contributed by atoms with Crippen LogP contribution in [0.3, 0.4) is 0 Å². The Labute approximate surface area is 109 Å². The van der Waals surface area contributed by atoms with Crippen LogP contribution in [0.15, 0.2) is 42.0 Å². The summed E-state index contributed by atoms with van der Waals surface area (Å²) in [6.07, 6.45) is 3.46. The molecule has 1 aliphatic rings. The largest absolute Gasteiger partial charge is 0.0683 e. The molecule has 0 heterocycles. The van der Waals surface area contributed by atoms with E-state index in [2.05, 4.69) is 63.2 Å². The summed E-state index contributed by atoms with van der Waals surface area (Å²) in [4.78, 5) is 0. The Hall–Kier alpha value is -1.82. The van der Waals surface area contributed by atoms with E-state index in [0.29, 0.717) is 0 Å². The Kier molecular flexibility index (Phi) is 2.59. The highest BCUT2D eigenvalue weighted by Gasteiger charge is 2.16. The van der Waals surface area contributed by atoms with E-state index in [0.717, 1.165) is 6.42 Å². The maximum absolute atomic E-state index is 2.35. The zero-order valence-electron chi connectivity index (χ0n) is 11.2. The lowest BCUT2D eigenvalue weighted by molar-refractivity contribution is 1.16. The maximum atomic E-state index is 2.35. The van der Waals surface area contributed by atoms with Gasteiger partial charge in [-0.3, -0.25) is 0 Å². The van der Waals surface area contributed by atoms with E-state index in [1.165, 1.54) is 39.0 Å². The molecule has 0 saturated heterocycles. The lowest BCUT2D eigenvalue weighted by atomic mass is 9.93. The van der Waals surface area contributed by atoms with Crippen LogP contribution in [0, 0.1) is 13.8 Å². The second kappa shape index (κ2) is 4.13. The first kappa shape index (κ1) is 11.3. The van der Waals surface area contributed by atoms with Crippen LogP contribution in [0.25, 0.3) is 17.2 Å². The molecule has 18 heavy (non-hydrogen) atoms. The molecule has 0 nitrogen and oxygen atoms in total. The minimum absolute atomic E-state index is 1.11. The third-order valence-corrected chi connectivity index (χ3v) is 3.77. The molecule has 0 aliphatic heterocycles. The molecule has 0 aromatic heterocycles. The summed E-state index contributed by atoms with van der Waals surface area (Å²) in [5.74, 6) is 0. The van der Waals surface area contributed by atoms with Crippen LogP contribution in [-0.4, -0.2) is 0 Å². The van der Waals surface area contributed by atoms with Gasteiger partial charge in [0.1, 0.15) is 0 Å². The van der Waals surface area contributed by atoms with Gasteiger partial charge in [-0.2, -0.15) is 0 Å². The number of hydrogen-bond donors (Lipinski definition) is 0. The fraction of sp³-hybridized carbons (Fsp3) is 0.222. The van der Waals surface area contributed by atoms with E-state index in [4.69, 9.17) is 0 Å². The van der Waals surface area contributed by atoms with E-state index < -0.39 is 0 Å². The average Bonchev–Trinajstić information content (AvgIpc) is 2.72. The van der Waals surface area contributed by atoms with Gasteiger partial charge in [0.25, 0.3) is 0 Å². The first-order chi connectivity index (χ1) is 8.65. The van der Waals surface area contributed by atoms with Gasteiger partial charge in [-0.25, -0.2) is 0 Å². The number of fused-ring (bicyclic) bond motifs is 1. The molecule has 0 bridgehead atoms. The molecule has 90 valence electrons. The monoisotopic (exact) mass is 234 g/mol. The van der Waals surface area contributed by atoms with Crippen molar-refractivity contribution < 1.29 is 0 Å². The summed E-state index contributed by atoms with van der Waals surface area (Å²) in [7, 11) is 0. The zero-order valence-corrected chi connectivity index (χ0v) is 11.2. The average molecular weight is 234 g/mol. The Bertz CT molecular complexity index is 645. The molecule has 0 unspecified atom stereocenters. The lowest BCUT2D eigenvalue weighted by Gasteiger charge is -2.11. The van der Waals surface area contributed by atoms with E-state index in [1.54, 1.807) is 0 Å². The molecule has 0 spiro atoms. The van der Waals surface area contributed by atoms with Gasteiger partial charge in [0.05, 0.1) is 0 Å². The molecule has 0 atom stereocenters. The van der Waals surface area contributed by atoms with Gasteiger partial charge in [-0.05, 0) is 55.0 Å². The van der Waals surface area contributed by atoms with Crippen molar-refractivity contribution in [1.82, 2.24) is 0 Å². The van der Waals surface area contributed by atoms with Crippen molar-refractivity contribution in [2.75, 3.05) is 0 Å². The molecule has 0 heteroatoms. The SMILES string of the molecule is CC1=Cc2c(-c3cccc(C)c3)ccc(C)c2C1. The summed E-state index contributed by atoms with van der Waals surface area (Å²) in [6.45, 7) is 6.59. The summed E-state index contributed by atoms with van der Waals surface area (Å²) >= 11 is 0. The van der Waals surface area contributed by atoms with Crippen LogP contribution in [0.5, 0.6) is 0 Å². The van der Waals surface area contributed by atoms with Crippen molar-refractivity contribution in [3.8, 4) is 11.1 Å². The first-order valence-corrected chi connectivity index (χ1v) is 6.52. The standard InChI is InChI=1S/C18H18/c1-12-5-4-6-15(9-12)16-8-7-14(3)17-10-13(2)11-18(16)17/h4-9,11H,10H2,1-3H3. The minimum Gasteiger partial charge on any atom is -0.0683 e. The van der Waals surface area contributed by atoms with Crippen molar-refractivity contribution >= 4 is 6.08 Å². The van der Waals surface area contributed by atoms with Gasteiger partial charge in [0.15, 0.2) is 0 Å². The van der Waals surface area contributed by atoms with Gasteiger partial charge in [-0.15, -0.1) is 0 Å². The molecule has 0 N–H and O–H groups in total. The molecule has 0 radical (unpaired) electrons. The highest BCUT2D eigenvalue weighted by molar-refractivity contribution is 5.81. The molecular formula is C18H18. The first-order valence-electron chi connectivity index (χ1n) is 6.52. The molecule has 0 saturated carbocycles. The number of rotatable bonds is 1. The Morgan fingerprint density at radius 1 is 0.944 bits per heavy atom. The predicted octanol–water partition coefficient (Wildman–Crippen LogP) is 4.93. The minimum atomic E-state index is 1.11. The normalized spacial score (nSPS) is 13.4. The Morgan fingerprint density at radius 3 is 2.56 bits per heavy atom. The molecule has 2 aromatic carbocycles. The third kappa shape index (κ3) is 1.78. The van der Waals surface area contributed by atoms with Crippen molar-refractivity contribution in [3.05, 3.63) is 64.2 Å². The van der Waals surface area contributed by atoms with E-state index >= 15 is 0 Å². The Morgan fingerprint density at radius 2 is 1.78 bits per heavy atom. The molecule has 0 amide bonds. The van der Waals surface area contributed by atoms with Crippen LogP contribution in [-0.2, 0) is 6.42 Å². The highest BCUT2D eigenvalue weighted by Crippen LogP contribution is 2.35. The van der Waals surface area contributed by atoms with Crippen LogP contribution in [0.1, 0.15) is 29.2 Å². The van der Waals surface area contributed by atoms with Gasteiger partial charge in [0, 0.05) is 0 Å². The van der Waals surface area contributed by atoms with E-state index in [-0.39, 0.29) is 0 Å². The molecule has 0 fully saturated rings. The molecule has 3 rings (SSSR count). The molecule has 2 aromatic rings. The Balaban J connectivity index is 2.23. The fourth-order valence-electron chi connectivity index (χ4n) is 2.81. The summed E-state index contributed by atoms with van der Waals surface area (Å²) in [5.41, 5.74) is 9.83. The summed E-state index contributed by atoms with van der Waals surface area (Å²) in [5, 5.41) is 0. The van der Waals surface area contributed by atoms with Crippen molar-refractivity contribution in [1.29, 1.82) is 0 Å². The zero-order chi connectivity index (χ0) is 12.7. The smallest absolute Gasteiger partial charge is 0.00577 e. The van der Waals surface area contributed by atoms with E-state index in [9.17, 15) is 0 Å². The molecular weight excluding hydrogens is 216 g/mol. The number of hydrogen-bond acceptors (Lipinski definition) is 0. The number of benzene rings is 2. The number of aryl methyl sites for hydroxylation is 2.